The molecule has 0 spiro atoms. The van der Waals surface area contributed by atoms with E-state index in [9.17, 15) is 18.0 Å². The van der Waals surface area contributed by atoms with Crippen LogP contribution in [0.2, 0.25) is 0 Å². The molecule has 7 nitrogen and oxygen atoms in total. The Hall–Kier alpha value is -2.36. The second kappa shape index (κ2) is 10.5. The highest BCUT2D eigenvalue weighted by Crippen LogP contribution is 2.37. The zero-order valence-corrected chi connectivity index (χ0v) is 20.2. The summed E-state index contributed by atoms with van der Waals surface area (Å²) in [6.45, 7) is 6.60. The lowest BCUT2D eigenvalue weighted by atomic mass is 10.0. The Morgan fingerprint density at radius 1 is 1.16 bits per heavy atom. The van der Waals surface area contributed by atoms with Gasteiger partial charge in [0, 0.05) is 24.5 Å². The second-order valence-corrected chi connectivity index (χ2v) is 10.6. The standard InChI is InChI=1S/C23H29N3O4S2/c1-4-25(5-2)32(29,30)19-11-12-21-20(13-19)26(23(28)16-31-21)15-22(27)24-14-17(3)18-9-7-6-8-10-18/h6-13,17H,4-5,14-16H2,1-3H3,(H,24,27)/t17-/m0/s1. The Kier molecular flexibility index (Phi) is 7.97. The van der Waals surface area contributed by atoms with Crippen LogP contribution < -0.4 is 10.2 Å². The number of nitrogens with zero attached hydrogens (tertiary/aromatic N) is 2. The Bertz CT molecular complexity index is 1070. The lowest BCUT2D eigenvalue weighted by molar-refractivity contribution is -0.123. The molecule has 1 atom stereocenters. The minimum atomic E-state index is -3.67. The van der Waals surface area contributed by atoms with Gasteiger partial charge in [-0.1, -0.05) is 51.1 Å². The number of amides is 2. The molecule has 0 bridgehead atoms. The van der Waals surface area contributed by atoms with Gasteiger partial charge >= 0.3 is 0 Å². The maximum Gasteiger partial charge on any atom is 0.243 e. The first kappa shape index (κ1) is 24.3. The van der Waals surface area contributed by atoms with Crippen molar-refractivity contribution in [3.05, 3.63) is 54.1 Å². The summed E-state index contributed by atoms with van der Waals surface area (Å²) in [5.41, 5.74) is 1.58. The van der Waals surface area contributed by atoms with Crippen molar-refractivity contribution in [1.82, 2.24) is 9.62 Å². The molecule has 1 heterocycles. The second-order valence-electron chi connectivity index (χ2n) is 7.60. The average Bonchev–Trinajstić information content (AvgIpc) is 2.80. The van der Waals surface area contributed by atoms with Crippen LogP contribution in [0.15, 0.2) is 58.3 Å². The number of carbonyl (C=O) groups excluding carboxylic acids is 2. The predicted molar refractivity (Wildman–Crippen MR) is 127 cm³/mol. The summed E-state index contributed by atoms with van der Waals surface area (Å²) in [4.78, 5) is 27.6. The molecule has 1 N–H and O–H groups in total. The van der Waals surface area contributed by atoms with Crippen LogP contribution in [0.3, 0.4) is 0 Å². The molecular weight excluding hydrogens is 446 g/mol. The molecule has 0 aliphatic carbocycles. The van der Waals surface area contributed by atoms with Gasteiger partial charge in [-0.25, -0.2) is 8.42 Å². The third-order valence-corrected chi connectivity index (χ3v) is 8.59. The van der Waals surface area contributed by atoms with E-state index in [0.717, 1.165) is 10.5 Å². The number of sulfonamides is 1. The summed E-state index contributed by atoms with van der Waals surface area (Å²) in [5.74, 6) is -0.156. The minimum Gasteiger partial charge on any atom is -0.354 e. The highest BCUT2D eigenvalue weighted by Gasteiger charge is 2.30. The van der Waals surface area contributed by atoms with Crippen LogP contribution in [-0.4, -0.2) is 56.5 Å². The van der Waals surface area contributed by atoms with Gasteiger partial charge in [-0.2, -0.15) is 4.31 Å². The van der Waals surface area contributed by atoms with E-state index in [1.54, 1.807) is 26.0 Å². The van der Waals surface area contributed by atoms with Crippen LogP contribution in [0.25, 0.3) is 0 Å². The molecule has 0 aromatic heterocycles. The van der Waals surface area contributed by atoms with Crippen molar-refractivity contribution in [2.45, 2.75) is 36.5 Å². The SMILES string of the molecule is CCN(CC)S(=O)(=O)c1ccc2c(c1)N(CC(=O)NC[C@H](C)c1ccccc1)C(=O)CS2. The molecule has 2 amide bonds. The Labute approximate surface area is 194 Å². The molecule has 0 saturated heterocycles. The van der Waals surface area contributed by atoms with E-state index in [2.05, 4.69) is 5.32 Å². The number of carbonyl (C=O) groups is 2. The summed E-state index contributed by atoms with van der Waals surface area (Å²) in [5, 5.41) is 2.89. The number of hydrogen-bond acceptors (Lipinski definition) is 5. The van der Waals surface area contributed by atoms with Gasteiger partial charge in [0.2, 0.25) is 21.8 Å². The fourth-order valence-electron chi connectivity index (χ4n) is 3.59. The number of anilines is 1. The molecule has 0 fully saturated rings. The van der Waals surface area contributed by atoms with Crippen LogP contribution in [-0.2, 0) is 19.6 Å². The normalized spacial score (nSPS) is 14.9. The fourth-order valence-corrected chi connectivity index (χ4v) is 5.99. The summed E-state index contributed by atoms with van der Waals surface area (Å²) in [6, 6.07) is 14.7. The summed E-state index contributed by atoms with van der Waals surface area (Å²) < 4.78 is 27.2. The Balaban J connectivity index is 1.77. The number of hydrogen-bond donors (Lipinski definition) is 1. The zero-order chi connectivity index (χ0) is 23.3. The smallest absolute Gasteiger partial charge is 0.243 e. The van der Waals surface area contributed by atoms with E-state index in [0.29, 0.717) is 25.3 Å². The lowest BCUT2D eigenvalue weighted by Gasteiger charge is -2.29. The van der Waals surface area contributed by atoms with E-state index in [4.69, 9.17) is 0 Å². The number of nitrogens with one attached hydrogen (secondary N) is 1. The third-order valence-electron chi connectivity index (χ3n) is 5.49. The van der Waals surface area contributed by atoms with E-state index in [1.807, 2.05) is 37.3 Å². The van der Waals surface area contributed by atoms with Gasteiger partial charge in [0.15, 0.2) is 0 Å². The highest BCUT2D eigenvalue weighted by atomic mass is 32.2. The lowest BCUT2D eigenvalue weighted by Crippen LogP contribution is -2.44. The van der Waals surface area contributed by atoms with Crippen molar-refractivity contribution in [3.8, 4) is 0 Å². The van der Waals surface area contributed by atoms with Crippen LogP contribution in [0.4, 0.5) is 5.69 Å². The molecular formula is C23H29N3O4S2. The van der Waals surface area contributed by atoms with Gasteiger partial charge in [-0.3, -0.25) is 9.59 Å². The van der Waals surface area contributed by atoms with Crippen LogP contribution >= 0.6 is 11.8 Å². The van der Waals surface area contributed by atoms with Gasteiger partial charge in [0.05, 0.1) is 16.3 Å². The highest BCUT2D eigenvalue weighted by molar-refractivity contribution is 8.00. The van der Waals surface area contributed by atoms with Crippen LogP contribution in [0.1, 0.15) is 32.3 Å². The first-order valence-electron chi connectivity index (χ1n) is 10.7. The number of fused-ring (bicyclic) bond motifs is 1. The van der Waals surface area contributed by atoms with Crippen molar-refractivity contribution in [2.75, 3.05) is 36.8 Å². The summed E-state index contributed by atoms with van der Waals surface area (Å²) in [7, 11) is -3.67. The first-order chi connectivity index (χ1) is 15.3. The molecule has 2 aromatic rings. The Morgan fingerprint density at radius 2 is 1.84 bits per heavy atom. The van der Waals surface area contributed by atoms with Crippen molar-refractivity contribution >= 4 is 39.3 Å². The van der Waals surface area contributed by atoms with Gasteiger partial charge in [-0.05, 0) is 29.7 Å². The molecule has 1 aliphatic heterocycles. The molecule has 9 heteroatoms. The Morgan fingerprint density at radius 3 is 2.50 bits per heavy atom. The monoisotopic (exact) mass is 475 g/mol. The zero-order valence-electron chi connectivity index (χ0n) is 18.6. The molecule has 3 rings (SSSR count). The van der Waals surface area contributed by atoms with Gasteiger partial charge in [-0.15, -0.1) is 11.8 Å². The molecule has 0 saturated carbocycles. The van der Waals surface area contributed by atoms with Crippen LogP contribution in [0.5, 0.6) is 0 Å². The molecule has 0 radical (unpaired) electrons. The van der Waals surface area contributed by atoms with E-state index in [1.165, 1.54) is 27.0 Å². The molecule has 1 aliphatic rings. The van der Waals surface area contributed by atoms with Gasteiger partial charge < -0.3 is 10.2 Å². The quantitative estimate of drug-likeness (QED) is 0.602. The van der Waals surface area contributed by atoms with Crippen molar-refractivity contribution in [1.29, 1.82) is 0 Å². The summed E-state index contributed by atoms with van der Waals surface area (Å²) in [6.07, 6.45) is 0. The maximum absolute atomic E-state index is 12.9. The molecule has 2 aromatic carbocycles. The maximum atomic E-state index is 12.9. The predicted octanol–water partition coefficient (Wildman–Crippen LogP) is 3.08. The van der Waals surface area contributed by atoms with E-state index in [-0.39, 0.29) is 34.9 Å². The van der Waals surface area contributed by atoms with Crippen molar-refractivity contribution in [3.63, 3.8) is 0 Å². The number of rotatable bonds is 9. The van der Waals surface area contributed by atoms with Gasteiger partial charge in [0.1, 0.15) is 6.54 Å². The van der Waals surface area contributed by atoms with Crippen LogP contribution in [0, 0.1) is 0 Å². The van der Waals surface area contributed by atoms with Crippen molar-refractivity contribution in [2.24, 2.45) is 0 Å². The molecule has 172 valence electrons. The topological polar surface area (TPSA) is 86.8 Å². The number of thioether (sulfide) groups is 1. The minimum absolute atomic E-state index is 0.123. The molecule has 0 unspecified atom stereocenters. The van der Waals surface area contributed by atoms with E-state index >= 15 is 0 Å². The van der Waals surface area contributed by atoms with Gasteiger partial charge in [0.25, 0.3) is 0 Å². The van der Waals surface area contributed by atoms with E-state index < -0.39 is 10.0 Å². The summed E-state index contributed by atoms with van der Waals surface area (Å²) >= 11 is 1.35. The number of benzene rings is 2. The first-order valence-corrected chi connectivity index (χ1v) is 13.1. The third kappa shape index (κ3) is 5.33. The largest absolute Gasteiger partial charge is 0.354 e. The fraction of sp³-hybridized carbons (Fsp3) is 0.391. The molecule has 32 heavy (non-hydrogen) atoms. The van der Waals surface area contributed by atoms with Crippen molar-refractivity contribution < 1.29 is 18.0 Å². The average molecular weight is 476 g/mol.